The molecule has 2 aromatic rings. The van der Waals surface area contributed by atoms with E-state index in [2.05, 4.69) is 20.4 Å². The molecule has 0 saturated carbocycles. The lowest BCUT2D eigenvalue weighted by Crippen LogP contribution is -2.44. The largest absolute Gasteiger partial charge is 0.490 e. The molecular weight excluding hydrogens is 470 g/mol. The van der Waals surface area contributed by atoms with Crippen molar-refractivity contribution in [1.82, 2.24) is 25.0 Å². The number of likely N-dealkylation sites (tertiary alicyclic amines) is 1. The van der Waals surface area contributed by atoms with Crippen LogP contribution >= 0.6 is 0 Å². The van der Waals surface area contributed by atoms with Crippen LogP contribution in [0.3, 0.4) is 0 Å². The van der Waals surface area contributed by atoms with Crippen LogP contribution in [0.5, 0.6) is 0 Å². The van der Waals surface area contributed by atoms with E-state index in [1.165, 1.54) is 6.07 Å². The molecule has 2 N–H and O–H groups in total. The molecule has 0 unspecified atom stereocenters. The first-order valence-electron chi connectivity index (χ1n) is 11.5. The average Bonchev–Trinajstić information content (AvgIpc) is 3.22. The van der Waals surface area contributed by atoms with Gasteiger partial charge in [-0.25, -0.2) is 9.18 Å². The first-order chi connectivity index (χ1) is 16.5. The molecule has 1 spiro atoms. The zero-order chi connectivity index (χ0) is 25.6. The van der Waals surface area contributed by atoms with Crippen LogP contribution in [0.25, 0.3) is 0 Å². The van der Waals surface area contributed by atoms with Crippen molar-refractivity contribution in [2.75, 3.05) is 19.6 Å². The number of hydrogen-bond donors (Lipinski definition) is 2. The highest BCUT2D eigenvalue weighted by Crippen LogP contribution is 2.41. The van der Waals surface area contributed by atoms with E-state index in [4.69, 9.17) is 9.90 Å². The van der Waals surface area contributed by atoms with E-state index in [1.54, 1.807) is 12.1 Å². The maximum absolute atomic E-state index is 13.4. The summed E-state index contributed by atoms with van der Waals surface area (Å²) in [4.78, 5) is 23.7. The lowest BCUT2D eigenvalue weighted by Gasteiger charge is -2.44. The van der Waals surface area contributed by atoms with Crippen LogP contribution in [0.15, 0.2) is 24.3 Å². The number of alkyl halides is 3. The lowest BCUT2D eigenvalue weighted by atomic mass is 9.73. The molecule has 1 saturated heterocycles. The summed E-state index contributed by atoms with van der Waals surface area (Å²) in [7, 11) is 0. The molecule has 2 aliphatic rings. The third-order valence-corrected chi connectivity index (χ3v) is 6.39. The third-order valence-electron chi connectivity index (χ3n) is 6.39. The number of piperidine rings is 1. The van der Waals surface area contributed by atoms with Gasteiger partial charge in [0.1, 0.15) is 11.6 Å². The number of aliphatic carboxylic acids is 1. The second kappa shape index (κ2) is 11.1. The zero-order valence-electron chi connectivity index (χ0n) is 19.4. The standard InChI is InChI=1S/C21H28FN5O.C2HF3O2/c1-2-10-23-20(28)19-25-24-18-6-7-21(15-27(18)19)8-11-26(12-9-21)14-16-4-3-5-17(22)13-16;3-2(4,5)1(6)7/h3-5,13H,2,6-12,14-15H2,1H3,(H,23,28);(H,6,7). The van der Waals surface area contributed by atoms with Gasteiger partial charge in [-0.15, -0.1) is 10.2 Å². The Labute approximate surface area is 200 Å². The van der Waals surface area contributed by atoms with Gasteiger partial charge in [-0.2, -0.15) is 13.2 Å². The minimum atomic E-state index is -5.08. The van der Waals surface area contributed by atoms with Crippen LogP contribution in [-0.4, -0.2) is 62.5 Å². The highest BCUT2D eigenvalue weighted by molar-refractivity contribution is 5.90. The molecule has 1 aromatic carbocycles. The molecule has 0 atom stereocenters. The molecule has 3 heterocycles. The summed E-state index contributed by atoms with van der Waals surface area (Å²) < 4.78 is 47.2. The molecule has 12 heteroatoms. The van der Waals surface area contributed by atoms with Gasteiger partial charge in [-0.3, -0.25) is 9.69 Å². The molecule has 1 amide bonds. The van der Waals surface area contributed by atoms with Crippen LogP contribution in [0.1, 0.15) is 54.6 Å². The van der Waals surface area contributed by atoms with Crippen molar-refractivity contribution in [3.63, 3.8) is 0 Å². The Kier molecular flexibility index (Phi) is 8.47. The fourth-order valence-electron chi connectivity index (χ4n) is 4.45. The molecule has 0 radical (unpaired) electrons. The molecule has 192 valence electrons. The fraction of sp³-hybridized carbons (Fsp3) is 0.565. The number of aryl methyl sites for hydroxylation is 1. The molecule has 0 aliphatic carbocycles. The summed E-state index contributed by atoms with van der Waals surface area (Å²) in [5, 5.41) is 18.5. The summed E-state index contributed by atoms with van der Waals surface area (Å²) in [6, 6.07) is 6.87. The van der Waals surface area contributed by atoms with Crippen LogP contribution in [0, 0.1) is 11.2 Å². The van der Waals surface area contributed by atoms with Crippen molar-refractivity contribution in [2.24, 2.45) is 5.41 Å². The highest BCUT2D eigenvalue weighted by Gasteiger charge is 2.40. The molecule has 0 bridgehead atoms. The van der Waals surface area contributed by atoms with Gasteiger partial charge < -0.3 is 15.0 Å². The van der Waals surface area contributed by atoms with E-state index in [-0.39, 0.29) is 17.1 Å². The maximum Gasteiger partial charge on any atom is 0.490 e. The Balaban J connectivity index is 0.000000429. The molecule has 35 heavy (non-hydrogen) atoms. The van der Waals surface area contributed by atoms with Crippen molar-refractivity contribution in [2.45, 2.75) is 58.3 Å². The van der Waals surface area contributed by atoms with Crippen molar-refractivity contribution < 1.29 is 32.3 Å². The number of fused-ring (bicyclic) bond motifs is 1. The van der Waals surface area contributed by atoms with Gasteiger partial charge in [-0.05, 0) is 61.9 Å². The molecule has 4 rings (SSSR count). The van der Waals surface area contributed by atoms with E-state index in [0.29, 0.717) is 12.4 Å². The maximum atomic E-state index is 13.4. The Morgan fingerprint density at radius 1 is 1.17 bits per heavy atom. The summed E-state index contributed by atoms with van der Waals surface area (Å²) in [5.74, 6) is -1.68. The Bertz CT molecular complexity index is 1030. The van der Waals surface area contributed by atoms with Crippen molar-refractivity contribution >= 4 is 11.9 Å². The highest BCUT2D eigenvalue weighted by atomic mass is 19.4. The number of rotatable bonds is 5. The first-order valence-corrected chi connectivity index (χ1v) is 11.5. The van der Waals surface area contributed by atoms with Gasteiger partial charge in [-0.1, -0.05) is 19.1 Å². The number of carbonyl (C=O) groups excluding carboxylic acids is 1. The zero-order valence-corrected chi connectivity index (χ0v) is 19.4. The number of carboxylic acid groups (broad SMARTS) is 1. The Hall–Kier alpha value is -3.02. The number of halogens is 4. The monoisotopic (exact) mass is 499 g/mol. The third kappa shape index (κ3) is 7.00. The van der Waals surface area contributed by atoms with E-state index < -0.39 is 12.1 Å². The van der Waals surface area contributed by atoms with Gasteiger partial charge in [0.2, 0.25) is 5.82 Å². The number of aromatic nitrogens is 3. The van der Waals surface area contributed by atoms with Crippen molar-refractivity contribution in [3.05, 3.63) is 47.3 Å². The summed E-state index contributed by atoms with van der Waals surface area (Å²) in [6.45, 7) is 6.28. The quantitative estimate of drug-likeness (QED) is 0.612. The minimum absolute atomic E-state index is 0.124. The lowest BCUT2D eigenvalue weighted by molar-refractivity contribution is -0.192. The Morgan fingerprint density at radius 3 is 2.46 bits per heavy atom. The fourth-order valence-corrected chi connectivity index (χ4v) is 4.45. The van der Waals surface area contributed by atoms with Gasteiger partial charge in [0, 0.05) is 26.1 Å². The first kappa shape index (κ1) is 26.6. The van der Waals surface area contributed by atoms with Crippen LogP contribution in [0.2, 0.25) is 0 Å². The predicted molar refractivity (Wildman–Crippen MR) is 118 cm³/mol. The van der Waals surface area contributed by atoms with Gasteiger partial charge in [0.05, 0.1) is 0 Å². The number of benzene rings is 1. The number of amides is 1. The van der Waals surface area contributed by atoms with Crippen molar-refractivity contribution in [3.8, 4) is 0 Å². The minimum Gasteiger partial charge on any atom is -0.475 e. The Morgan fingerprint density at radius 2 is 1.86 bits per heavy atom. The molecule has 2 aliphatic heterocycles. The van der Waals surface area contributed by atoms with E-state index >= 15 is 0 Å². The van der Waals surface area contributed by atoms with E-state index in [0.717, 1.165) is 69.7 Å². The van der Waals surface area contributed by atoms with Crippen LogP contribution in [-0.2, 0) is 24.3 Å². The normalized spacial score (nSPS) is 17.3. The van der Waals surface area contributed by atoms with Crippen LogP contribution in [0.4, 0.5) is 17.6 Å². The summed E-state index contributed by atoms with van der Waals surface area (Å²) in [6.07, 6.45) is -0.0583. The molecule has 1 aromatic heterocycles. The van der Waals surface area contributed by atoms with E-state index in [1.807, 2.05) is 17.6 Å². The topological polar surface area (TPSA) is 100 Å². The number of carbonyl (C=O) groups is 2. The molecule has 1 fully saturated rings. The number of nitrogens with one attached hydrogen (secondary N) is 1. The number of carboxylic acids is 1. The second-order valence-electron chi connectivity index (χ2n) is 8.99. The number of hydrogen-bond acceptors (Lipinski definition) is 5. The van der Waals surface area contributed by atoms with Gasteiger partial charge in [0.25, 0.3) is 5.91 Å². The number of nitrogens with zero attached hydrogens (tertiary/aromatic N) is 4. The second-order valence-corrected chi connectivity index (χ2v) is 8.99. The van der Waals surface area contributed by atoms with Crippen LogP contribution < -0.4 is 5.32 Å². The predicted octanol–water partition coefficient (Wildman–Crippen LogP) is 3.42. The summed E-state index contributed by atoms with van der Waals surface area (Å²) >= 11 is 0. The van der Waals surface area contributed by atoms with Gasteiger partial charge in [0.15, 0.2) is 0 Å². The molecular formula is C23H29F4N5O3. The SMILES string of the molecule is CCCNC(=O)c1nnc2n1CC1(CC2)CCN(Cc2cccc(F)c2)CC1.O=C(O)C(F)(F)F. The smallest absolute Gasteiger partial charge is 0.475 e. The van der Waals surface area contributed by atoms with Crippen molar-refractivity contribution in [1.29, 1.82) is 0 Å². The van der Waals surface area contributed by atoms with Gasteiger partial charge >= 0.3 is 12.1 Å². The summed E-state index contributed by atoms with van der Waals surface area (Å²) in [5.41, 5.74) is 1.23. The van der Waals surface area contributed by atoms with E-state index in [9.17, 15) is 22.4 Å². The molecule has 8 nitrogen and oxygen atoms in total. The average molecular weight is 500 g/mol.